The molecule has 0 aliphatic heterocycles. The van der Waals surface area contributed by atoms with Crippen LogP contribution in [0.2, 0.25) is 0 Å². The van der Waals surface area contributed by atoms with Crippen molar-refractivity contribution in [2.45, 2.75) is 11.3 Å². The molecule has 4 aromatic rings. The second kappa shape index (κ2) is 17.0. The third-order valence-corrected chi connectivity index (χ3v) is 9.08. The fourth-order valence-electron chi connectivity index (χ4n) is 4.75. The number of rotatable bonds is 14. The number of halogens is 1. The van der Waals surface area contributed by atoms with Gasteiger partial charge in [-0.1, -0.05) is 12.1 Å². The normalized spacial score (nSPS) is 11.9. The molecule has 0 fully saturated rings. The van der Waals surface area contributed by atoms with Crippen LogP contribution in [0.1, 0.15) is 43.4 Å². The van der Waals surface area contributed by atoms with Crippen molar-refractivity contribution in [2.75, 3.05) is 34.1 Å². The van der Waals surface area contributed by atoms with Crippen molar-refractivity contribution in [1.82, 2.24) is 19.0 Å². The lowest BCUT2D eigenvalue weighted by Gasteiger charge is -2.08. The first-order chi connectivity index (χ1) is 23.9. The van der Waals surface area contributed by atoms with Crippen LogP contribution in [0.15, 0.2) is 76.9 Å². The van der Waals surface area contributed by atoms with Gasteiger partial charge in [0.2, 0.25) is 12.1 Å². The predicted octanol–water partition coefficient (Wildman–Crippen LogP) is 3.16. The number of aliphatic imine (C=N–C) groups is 1. The fourth-order valence-corrected chi connectivity index (χ4v) is 5.98. The molecule has 1 unspecified atom stereocenters. The number of alkyl halides is 1. The summed E-state index contributed by atoms with van der Waals surface area (Å²) in [7, 11) is 3.76. The molecule has 0 saturated heterocycles. The first kappa shape index (κ1) is 36.9. The van der Waals surface area contributed by atoms with E-state index in [1.54, 1.807) is 91.3 Å². The highest BCUT2D eigenvalue weighted by atomic mass is 35.5. The Hall–Kier alpha value is -5.92. The van der Waals surface area contributed by atoms with Crippen molar-refractivity contribution in [3.8, 4) is 6.19 Å². The maximum Gasteiger partial charge on any atom is 0.272 e. The van der Waals surface area contributed by atoms with E-state index in [1.807, 2.05) is 0 Å². The Morgan fingerprint density at radius 2 is 1.50 bits per heavy atom. The first-order valence-corrected chi connectivity index (χ1v) is 16.9. The second-order valence-electron chi connectivity index (χ2n) is 10.9. The predicted molar refractivity (Wildman–Crippen MR) is 192 cm³/mol. The van der Waals surface area contributed by atoms with E-state index in [1.165, 1.54) is 22.8 Å². The van der Waals surface area contributed by atoms with Crippen molar-refractivity contribution in [1.29, 1.82) is 5.26 Å². The summed E-state index contributed by atoms with van der Waals surface area (Å²) in [5.41, 5.74) is 7.83. The van der Waals surface area contributed by atoms with Gasteiger partial charge in [0.15, 0.2) is 0 Å². The van der Waals surface area contributed by atoms with Crippen LogP contribution in [0, 0.1) is 11.5 Å². The first-order valence-electron chi connectivity index (χ1n) is 15.0. The van der Waals surface area contributed by atoms with E-state index in [4.69, 9.17) is 22.6 Å². The summed E-state index contributed by atoms with van der Waals surface area (Å²) in [6, 6.07) is 13.1. The van der Waals surface area contributed by atoms with Gasteiger partial charge in [-0.25, -0.2) is 0 Å². The number of nitriles is 1. The monoisotopic (exact) mass is 718 g/mol. The SMILES string of the molecule is Cn1cc(NC(=O)c2cc(NC(=O)c3ccc(NC(=O)/C=C/c4ccc(S(=O)CCCl)cc4)n3C)cn2C)cc1C(=O)NCCC(N)=NC#N. The smallest absolute Gasteiger partial charge is 0.272 e. The molecule has 0 saturated carbocycles. The number of carbonyl (C=O) groups excluding carboxylic acids is 4. The molecule has 3 heterocycles. The topological polar surface area (TPSA) is 210 Å². The molecule has 50 heavy (non-hydrogen) atoms. The van der Waals surface area contributed by atoms with Gasteiger partial charge < -0.3 is 40.7 Å². The van der Waals surface area contributed by atoms with Gasteiger partial charge in [-0.3, -0.25) is 23.4 Å². The van der Waals surface area contributed by atoms with E-state index in [9.17, 15) is 23.4 Å². The minimum absolute atomic E-state index is 0.104. The summed E-state index contributed by atoms with van der Waals surface area (Å²) in [5, 5.41) is 19.5. The molecule has 4 rings (SSSR count). The maximum atomic E-state index is 13.1. The Bertz CT molecular complexity index is 2040. The summed E-state index contributed by atoms with van der Waals surface area (Å²) < 4.78 is 16.7. The number of carbonyl (C=O) groups is 4. The zero-order valence-electron chi connectivity index (χ0n) is 27.4. The summed E-state index contributed by atoms with van der Waals surface area (Å²) in [4.78, 5) is 55.5. The minimum atomic E-state index is -1.17. The molecule has 0 radical (unpaired) electrons. The van der Waals surface area contributed by atoms with Crippen molar-refractivity contribution in [2.24, 2.45) is 31.9 Å². The van der Waals surface area contributed by atoms with Crippen molar-refractivity contribution in [3.63, 3.8) is 0 Å². The van der Waals surface area contributed by atoms with Crippen LogP contribution in [-0.4, -0.2) is 65.6 Å². The van der Waals surface area contributed by atoms with Gasteiger partial charge in [0, 0.05) is 69.1 Å². The molecule has 17 heteroatoms. The maximum absolute atomic E-state index is 13.1. The average Bonchev–Trinajstić information content (AvgIpc) is 3.75. The van der Waals surface area contributed by atoms with Crippen LogP contribution in [0.3, 0.4) is 0 Å². The molecule has 4 amide bonds. The molecule has 3 aromatic heterocycles. The molecule has 6 N–H and O–H groups in total. The quantitative estimate of drug-likeness (QED) is 0.0432. The third kappa shape index (κ3) is 9.58. The van der Waals surface area contributed by atoms with Gasteiger partial charge in [-0.2, -0.15) is 10.3 Å². The van der Waals surface area contributed by atoms with Crippen LogP contribution in [0.5, 0.6) is 0 Å². The molecular weight excluding hydrogens is 684 g/mol. The number of aromatic nitrogens is 3. The van der Waals surface area contributed by atoms with Crippen LogP contribution in [0.25, 0.3) is 6.08 Å². The van der Waals surface area contributed by atoms with E-state index in [-0.39, 0.29) is 35.9 Å². The number of amidine groups is 1. The number of nitrogens with two attached hydrogens (primary N) is 1. The number of amides is 4. The number of nitrogens with zero attached hydrogens (tertiary/aromatic N) is 5. The standard InChI is InChI=1S/C33H35ClN10O5S/c1-42-18-22(16-26(42)31(46)37-14-12-28(36)38-20-35)40-33(48)27-17-23(19-43(27)2)39-32(47)25-9-10-29(44(25)3)41-30(45)11-6-21-4-7-24(8-5-21)50(49)15-13-34/h4-11,16-19H,12-15H2,1-3H3,(H2,36,38)(H,37,46)(H,39,47)(H,40,48)(H,41,45)/b11-6+. The number of aryl methyl sites for hydroxylation is 2. The van der Waals surface area contributed by atoms with Gasteiger partial charge in [0.1, 0.15) is 28.7 Å². The number of nitrogens with one attached hydrogen (secondary N) is 4. The van der Waals surface area contributed by atoms with Gasteiger partial charge in [0.25, 0.3) is 17.7 Å². The number of hydrogen-bond acceptors (Lipinski definition) is 7. The molecule has 0 aliphatic rings. The van der Waals surface area contributed by atoms with E-state index in [0.29, 0.717) is 33.7 Å². The number of benzene rings is 1. The van der Waals surface area contributed by atoms with Crippen LogP contribution < -0.4 is 27.0 Å². The van der Waals surface area contributed by atoms with Crippen LogP contribution in [0.4, 0.5) is 17.2 Å². The molecule has 260 valence electrons. The average molecular weight is 719 g/mol. The zero-order chi connectivity index (χ0) is 36.4. The fraction of sp³-hybridized carbons (Fsp3) is 0.212. The molecular formula is C33H35ClN10O5S. The Morgan fingerprint density at radius 3 is 2.10 bits per heavy atom. The lowest BCUT2D eigenvalue weighted by atomic mass is 10.2. The van der Waals surface area contributed by atoms with Crippen molar-refractivity contribution >= 4 is 75.1 Å². The van der Waals surface area contributed by atoms with Crippen molar-refractivity contribution in [3.05, 3.63) is 89.6 Å². The highest BCUT2D eigenvalue weighted by Crippen LogP contribution is 2.20. The highest BCUT2D eigenvalue weighted by molar-refractivity contribution is 7.85. The van der Waals surface area contributed by atoms with Gasteiger partial charge in [0.05, 0.1) is 22.2 Å². The summed E-state index contributed by atoms with van der Waals surface area (Å²) in [6.07, 6.45) is 7.92. The molecule has 1 aromatic carbocycles. The molecule has 0 spiro atoms. The molecule has 1 atom stereocenters. The lowest BCUT2D eigenvalue weighted by Crippen LogP contribution is -2.29. The third-order valence-electron chi connectivity index (χ3n) is 7.29. The molecule has 15 nitrogen and oxygen atoms in total. The second-order valence-corrected chi connectivity index (χ2v) is 12.8. The van der Waals surface area contributed by atoms with E-state index < -0.39 is 34.4 Å². The van der Waals surface area contributed by atoms with Gasteiger partial charge in [-0.15, -0.1) is 11.6 Å². The molecule has 0 bridgehead atoms. The van der Waals surface area contributed by atoms with Gasteiger partial charge >= 0.3 is 0 Å². The van der Waals surface area contributed by atoms with E-state index in [2.05, 4.69) is 26.3 Å². The summed E-state index contributed by atoms with van der Waals surface area (Å²) in [5.74, 6) is -0.600. The number of anilines is 3. The minimum Gasteiger partial charge on any atom is -0.386 e. The van der Waals surface area contributed by atoms with Crippen molar-refractivity contribution < 1.29 is 23.4 Å². The largest absolute Gasteiger partial charge is 0.386 e. The Balaban J connectivity index is 1.33. The Labute approximate surface area is 295 Å². The lowest BCUT2D eigenvalue weighted by molar-refractivity contribution is -0.111. The zero-order valence-corrected chi connectivity index (χ0v) is 29.0. The highest BCUT2D eigenvalue weighted by Gasteiger charge is 2.19. The summed E-state index contributed by atoms with van der Waals surface area (Å²) in [6.45, 7) is 0.175. The number of hydrogen-bond donors (Lipinski definition) is 5. The van der Waals surface area contributed by atoms with Crippen LogP contribution in [-0.2, 0) is 36.7 Å². The Kier molecular flexibility index (Phi) is 12.5. The summed E-state index contributed by atoms with van der Waals surface area (Å²) >= 11 is 5.66. The van der Waals surface area contributed by atoms with Gasteiger partial charge in [-0.05, 0) is 48.0 Å². The van der Waals surface area contributed by atoms with E-state index in [0.717, 1.165) is 5.56 Å². The molecule has 0 aliphatic carbocycles. The van der Waals surface area contributed by atoms with E-state index >= 15 is 0 Å². The Morgan fingerprint density at radius 1 is 0.900 bits per heavy atom. The van der Waals surface area contributed by atoms with Crippen LogP contribution >= 0.6 is 11.6 Å².